The highest BCUT2D eigenvalue weighted by atomic mass is 32.2. The van der Waals surface area contributed by atoms with Crippen LogP contribution in [0, 0.1) is 11.2 Å². The van der Waals surface area contributed by atoms with E-state index in [1.807, 2.05) is 6.92 Å². The van der Waals surface area contributed by atoms with Crippen molar-refractivity contribution in [1.29, 1.82) is 0 Å². The van der Waals surface area contributed by atoms with Crippen LogP contribution in [-0.4, -0.2) is 41.9 Å². The second-order valence-electron chi connectivity index (χ2n) is 9.64. The molecular weight excluding hydrogens is 505 g/mol. The number of rotatable bonds is 7. The number of alkyl halides is 2. The molecule has 192 valence electrons. The van der Waals surface area contributed by atoms with Crippen molar-refractivity contribution in [3.05, 3.63) is 78.4 Å². The summed E-state index contributed by atoms with van der Waals surface area (Å²) < 4.78 is 69.3. The van der Waals surface area contributed by atoms with Crippen LogP contribution in [0.1, 0.15) is 30.1 Å². The molecule has 1 unspecified atom stereocenters. The molecule has 0 amide bonds. The Balaban J connectivity index is 1.59. The summed E-state index contributed by atoms with van der Waals surface area (Å²) in [5.41, 5.74) is 1.66. The molecule has 0 bridgehead atoms. The number of Topliss-reactive ketones (excluding diaryl/α,β-unsaturated/α-hetero) is 1. The lowest BCUT2D eigenvalue weighted by atomic mass is 9.83. The summed E-state index contributed by atoms with van der Waals surface area (Å²) in [6, 6.07) is 14.1. The van der Waals surface area contributed by atoms with Gasteiger partial charge in [-0.15, -0.1) is 0 Å². The SMILES string of the molecule is CC1(CC(=O)c2ccc3c(-c4cccc(OC(F)F)c4)cn(-c4ccc(F)cn4)c3c2)CCS(=O)(=O)C1. The molecule has 1 aliphatic rings. The molecule has 37 heavy (non-hydrogen) atoms. The van der Waals surface area contributed by atoms with E-state index in [2.05, 4.69) is 9.72 Å². The van der Waals surface area contributed by atoms with E-state index in [9.17, 15) is 26.4 Å². The molecule has 1 saturated heterocycles. The molecule has 0 radical (unpaired) electrons. The van der Waals surface area contributed by atoms with Crippen LogP contribution in [0.15, 0.2) is 67.0 Å². The number of ether oxygens (including phenoxy) is 1. The largest absolute Gasteiger partial charge is 0.435 e. The van der Waals surface area contributed by atoms with Gasteiger partial charge >= 0.3 is 6.61 Å². The smallest absolute Gasteiger partial charge is 0.387 e. The highest BCUT2D eigenvalue weighted by Crippen LogP contribution is 2.38. The van der Waals surface area contributed by atoms with E-state index in [1.54, 1.807) is 41.1 Å². The van der Waals surface area contributed by atoms with Crippen LogP contribution in [0.3, 0.4) is 0 Å². The van der Waals surface area contributed by atoms with Crippen molar-refractivity contribution < 1.29 is 31.1 Å². The fraction of sp³-hybridized carbons (Fsp3) is 0.259. The number of benzene rings is 2. The van der Waals surface area contributed by atoms with Crippen LogP contribution < -0.4 is 4.74 Å². The van der Waals surface area contributed by atoms with Crippen LogP contribution in [0.4, 0.5) is 13.2 Å². The lowest BCUT2D eigenvalue weighted by Gasteiger charge is -2.20. The Kier molecular flexibility index (Phi) is 6.31. The molecule has 6 nitrogen and oxygen atoms in total. The first-order chi connectivity index (χ1) is 17.5. The van der Waals surface area contributed by atoms with Gasteiger partial charge in [-0.05, 0) is 47.7 Å². The first-order valence-electron chi connectivity index (χ1n) is 11.6. The van der Waals surface area contributed by atoms with Gasteiger partial charge in [0.25, 0.3) is 0 Å². The third-order valence-corrected chi connectivity index (χ3v) is 8.59. The molecule has 1 atom stereocenters. The number of hydrogen-bond donors (Lipinski definition) is 0. The van der Waals surface area contributed by atoms with E-state index in [-0.39, 0.29) is 29.5 Å². The third-order valence-electron chi connectivity index (χ3n) is 6.63. The second kappa shape index (κ2) is 9.33. The fourth-order valence-electron chi connectivity index (χ4n) is 4.88. The number of ketones is 1. The average molecular weight is 529 g/mol. The Morgan fingerprint density at radius 3 is 2.65 bits per heavy atom. The van der Waals surface area contributed by atoms with Crippen molar-refractivity contribution in [1.82, 2.24) is 9.55 Å². The molecule has 0 N–H and O–H groups in total. The molecule has 0 saturated carbocycles. The Bertz CT molecular complexity index is 1600. The molecule has 5 rings (SSSR count). The lowest BCUT2D eigenvalue weighted by molar-refractivity contribution is -0.0498. The molecule has 2 aromatic heterocycles. The van der Waals surface area contributed by atoms with Gasteiger partial charge in [-0.25, -0.2) is 17.8 Å². The highest BCUT2D eigenvalue weighted by Gasteiger charge is 2.39. The van der Waals surface area contributed by atoms with Gasteiger partial charge in [0.05, 0.1) is 23.2 Å². The minimum atomic E-state index is -3.15. The summed E-state index contributed by atoms with van der Waals surface area (Å²) in [5, 5.41) is 0.714. The number of aromatic nitrogens is 2. The van der Waals surface area contributed by atoms with Crippen LogP contribution in [0.2, 0.25) is 0 Å². The molecule has 0 aliphatic carbocycles. The maximum atomic E-state index is 13.6. The van der Waals surface area contributed by atoms with Crippen molar-refractivity contribution in [3.8, 4) is 22.7 Å². The van der Waals surface area contributed by atoms with E-state index in [0.717, 1.165) is 6.20 Å². The van der Waals surface area contributed by atoms with Crippen LogP contribution in [-0.2, 0) is 9.84 Å². The summed E-state index contributed by atoms with van der Waals surface area (Å²) in [4.78, 5) is 17.4. The first-order valence-corrected chi connectivity index (χ1v) is 13.4. The molecule has 10 heteroatoms. The van der Waals surface area contributed by atoms with Crippen LogP contribution >= 0.6 is 0 Å². The number of fused-ring (bicyclic) bond motifs is 1. The third kappa shape index (κ3) is 5.24. The average Bonchev–Trinajstić information content (AvgIpc) is 3.35. The minimum absolute atomic E-state index is 0.000125. The summed E-state index contributed by atoms with van der Waals surface area (Å²) in [7, 11) is -3.15. The van der Waals surface area contributed by atoms with Crippen molar-refractivity contribution in [2.45, 2.75) is 26.4 Å². The summed E-state index contributed by atoms with van der Waals surface area (Å²) >= 11 is 0. The molecule has 4 aromatic rings. The molecule has 1 aliphatic heterocycles. The highest BCUT2D eigenvalue weighted by molar-refractivity contribution is 7.91. The number of hydrogen-bond acceptors (Lipinski definition) is 5. The number of halogens is 3. The number of nitrogens with zero attached hydrogens (tertiary/aromatic N) is 2. The van der Waals surface area contributed by atoms with Gasteiger partial charge in [-0.3, -0.25) is 4.79 Å². The quantitative estimate of drug-likeness (QED) is 0.282. The topological polar surface area (TPSA) is 78.3 Å². The Labute approximate surface area is 211 Å². The number of carbonyl (C=O) groups excluding carboxylic acids is 1. The number of sulfone groups is 1. The van der Waals surface area contributed by atoms with Gasteiger partial charge in [0.2, 0.25) is 0 Å². The van der Waals surface area contributed by atoms with Crippen molar-refractivity contribution in [2.24, 2.45) is 5.41 Å². The van der Waals surface area contributed by atoms with Crippen molar-refractivity contribution in [3.63, 3.8) is 0 Å². The minimum Gasteiger partial charge on any atom is -0.435 e. The van der Waals surface area contributed by atoms with Gasteiger partial charge in [-0.2, -0.15) is 8.78 Å². The summed E-state index contributed by atoms with van der Waals surface area (Å²) in [6.45, 7) is -1.16. The lowest BCUT2D eigenvalue weighted by Crippen LogP contribution is -2.22. The van der Waals surface area contributed by atoms with Crippen LogP contribution in [0.5, 0.6) is 5.75 Å². The number of carbonyl (C=O) groups is 1. The van der Waals surface area contributed by atoms with E-state index in [1.165, 1.54) is 24.3 Å². The molecular formula is C27H23F3N2O4S. The maximum absolute atomic E-state index is 13.6. The van der Waals surface area contributed by atoms with E-state index >= 15 is 0 Å². The molecule has 3 heterocycles. The first kappa shape index (κ1) is 25.0. The van der Waals surface area contributed by atoms with Gasteiger partial charge < -0.3 is 9.30 Å². The Morgan fingerprint density at radius 2 is 1.97 bits per heavy atom. The van der Waals surface area contributed by atoms with Gasteiger partial charge in [-0.1, -0.05) is 31.2 Å². The van der Waals surface area contributed by atoms with E-state index < -0.39 is 27.7 Å². The Morgan fingerprint density at radius 1 is 1.16 bits per heavy atom. The van der Waals surface area contributed by atoms with Crippen molar-refractivity contribution >= 4 is 26.5 Å². The zero-order chi connectivity index (χ0) is 26.4. The van der Waals surface area contributed by atoms with Gasteiger partial charge in [0, 0.05) is 29.1 Å². The summed E-state index contributed by atoms with van der Waals surface area (Å²) in [6.07, 6.45) is 3.34. The van der Waals surface area contributed by atoms with E-state index in [0.29, 0.717) is 39.8 Å². The second-order valence-corrected chi connectivity index (χ2v) is 11.8. The predicted molar refractivity (Wildman–Crippen MR) is 133 cm³/mol. The summed E-state index contributed by atoms with van der Waals surface area (Å²) in [5.74, 6) is -0.239. The monoisotopic (exact) mass is 528 g/mol. The zero-order valence-electron chi connectivity index (χ0n) is 19.8. The molecule has 0 spiro atoms. The zero-order valence-corrected chi connectivity index (χ0v) is 20.6. The predicted octanol–water partition coefficient (Wildman–Crippen LogP) is 5.83. The molecule has 1 fully saturated rings. The normalized spacial score (nSPS) is 18.9. The standard InChI is InChI=1S/C27H23F3N2O4S/c1-27(9-10-37(34,35)16-27)13-24(33)18-5-7-21-22(17-3-2-4-20(11-17)36-26(29)30)15-32(23(21)12-18)25-8-6-19(28)14-31-25/h2-8,11-12,14-15,26H,9-10,13,16H2,1H3. The van der Waals surface area contributed by atoms with Crippen molar-refractivity contribution in [2.75, 3.05) is 11.5 Å². The number of pyridine rings is 1. The maximum Gasteiger partial charge on any atom is 0.387 e. The van der Waals surface area contributed by atoms with Gasteiger partial charge in [0.1, 0.15) is 17.4 Å². The van der Waals surface area contributed by atoms with E-state index in [4.69, 9.17) is 0 Å². The Hall–Kier alpha value is -3.66. The van der Waals surface area contributed by atoms with Crippen LogP contribution in [0.25, 0.3) is 27.8 Å². The fourth-order valence-corrected chi connectivity index (χ4v) is 7.13. The van der Waals surface area contributed by atoms with Gasteiger partial charge in [0.15, 0.2) is 15.6 Å². The molecule has 2 aromatic carbocycles.